The summed E-state index contributed by atoms with van der Waals surface area (Å²) in [4.78, 5) is 2.20. The second kappa shape index (κ2) is 6.27. The average molecular weight is 325 g/mol. The van der Waals surface area contributed by atoms with Gasteiger partial charge in [0.25, 0.3) is 0 Å². The van der Waals surface area contributed by atoms with E-state index in [2.05, 4.69) is 26.9 Å². The number of likely N-dealkylation sites (tertiary alicyclic amines) is 1. The van der Waals surface area contributed by atoms with Crippen molar-refractivity contribution in [1.29, 1.82) is 5.26 Å². The van der Waals surface area contributed by atoms with Gasteiger partial charge in [0.1, 0.15) is 6.04 Å². The molecule has 0 radical (unpaired) electrons. The van der Waals surface area contributed by atoms with Crippen molar-refractivity contribution >= 4 is 15.9 Å². The minimum absolute atomic E-state index is 0.239. The number of nitriles is 1. The summed E-state index contributed by atoms with van der Waals surface area (Å²) in [6, 6.07) is 5.89. The van der Waals surface area contributed by atoms with E-state index >= 15 is 0 Å². The molecule has 5 heteroatoms. The Kier molecular flexibility index (Phi) is 4.67. The Morgan fingerprint density at radius 2 is 1.79 bits per heavy atom. The zero-order valence-corrected chi connectivity index (χ0v) is 12.7. The van der Waals surface area contributed by atoms with E-state index in [-0.39, 0.29) is 6.04 Å². The molecule has 0 saturated carbocycles. The van der Waals surface area contributed by atoms with Crippen LogP contribution in [-0.2, 0) is 0 Å². The molecule has 0 aromatic heterocycles. The first-order valence-electron chi connectivity index (χ1n) is 6.26. The maximum absolute atomic E-state index is 9.47. The molecular formula is C14H17BrN2O2. The first-order chi connectivity index (χ1) is 9.21. The van der Waals surface area contributed by atoms with Crippen LogP contribution in [0, 0.1) is 11.3 Å². The van der Waals surface area contributed by atoms with E-state index in [1.54, 1.807) is 14.2 Å². The van der Waals surface area contributed by atoms with E-state index in [9.17, 15) is 5.26 Å². The largest absolute Gasteiger partial charge is 0.493 e. The molecule has 0 spiro atoms. The van der Waals surface area contributed by atoms with Crippen molar-refractivity contribution in [2.75, 3.05) is 27.3 Å². The third-order valence-electron chi connectivity index (χ3n) is 3.43. The zero-order chi connectivity index (χ0) is 13.8. The van der Waals surface area contributed by atoms with E-state index in [4.69, 9.17) is 9.47 Å². The number of halogens is 1. The molecule has 102 valence electrons. The van der Waals surface area contributed by atoms with Crippen LogP contribution in [-0.4, -0.2) is 32.2 Å². The predicted octanol–water partition coefficient (Wildman–Crippen LogP) is 3.13. The Morgan fingerprint density at radius 3 is 2.32 bits per heavy atom. The van der Waals surface area contributed by atoms with Crippen LogP contribution in [0.1, 0.15) is 24.4 Å². The number of hydrogen-bond donors (Lipinski definition) is 0. The van der Waals surface area contributed by atoms with Gasteiger partial charge in [-0.05, 0) is 38.1 Å². The number of ether oxygens (including phenoxy) is 2. The van der Waals surface area contributed by atoms with Crippen LogP contribution in [0.3, 0.4) is 0 Å². The molecule has 1 aromatic carbocycles. The fourth-order valence-electron chi connectivity index (χ4n) is 2.43. The van der Waals surface area contributed by atoms with Gasteiger partial charge in [-0.3, -0.25) is 4.90 Å². The number of benzene rings is 1. The highest BCUT2D eigenvalue weighted by molar-refractivity contribution is 9.10. The lowest BCUT2D eigenvalue weighted by Crippen LogP contribution is -2.24. The Bertz CT molecular complexity index is 493. The molecular weight excluding hydrogens is 308 g/mol. The smallest absolute Gasteiger partial charge is 0.161 e. The lowest BCUT2D eigenvalue weighted by molar-refractivity contribution is 0.292. The SMILES string of the molecule is COc1cc(Br)c(C(C#N)N2CCCC2)cc1OC. The Balaban J connectivity index is 2.39. The maximum Gasteiger partial charge on any atom is 0.161 e. The normalized spacial score (nSPS) is 16.9. The van der Waals surface area contributed by atoms with Gasteiger partial charge >= 0.3 is 0 Å². The minimum atomic E-state index is -0.239. The fourth-order valence-corrected chi connectivity index (χ4v) is 2.97. The average Bonchev–Trinajstić information content (AvgIpc) is 2.94. The molecule has 1 fully saturated rings. The van der Waals surface area contributed by atoms with Crippen LogP contribution in [0.5, 0.6) is 11.5 Å². The van der Waals surface area contributed by atoms with Crippen LogP contribution in [0.25, 0.3) is 0 Å². The van der Waals surface area contributed by atoms with Gasteiger partial charge in [-0.2, -0.15) is 5.26 Å². The highest BCUT2D eigenvalue weighted by Gasteiger charge is 2.26. The van der Waals surface area contributed by atoms with Gasteiger partial charge in [0.2, 0.25) is 0 Å². The lowest BCUT2D eigenvalue weighted by atomic mass is 10.1. The summed E-state index contributed by atoms with van der Waals surface area (Å²) in [6.45, 7) is 1.94. The van der Waals surface area contributed by atoms with Gasteiger partial charge < -0.3 is 9.47 Å². The summed E-state index contributed by atoms with van der Waals surface area (Å²) in [5.41, 5.74) is 0.932. The van der Waals surface area contributed by atoms with Crippen molar-refractivity contribution in [2.24, 2.45) is 0 Å². The molecule has 1 aliphatic heterocycles. The van der Waals surface area contributed by atoms with Crippen LogP contribution < -0.4 is 9.47 Å². The monoisotopic (exact) mass is 324 g/mol. The number of methoxy groups -OCH3 is 2. The topological polar surface area (TPSA) is 45.5 Å². The van der Waals surface area contributed by atoms with E-state index < -0.39 is 0 Å². The number of hydrogen-bond acceptors (Lipinski definition) is 4. The quantitative estimate of drug-likeness (QED) is 0.853. The van der Waals surface area contributed by atoms with Crippen molar-refractivity contribution in [2.45, 2.75) is 18.9 Å². The molecule has 1 aliphatic rings. The van der Waals surface area contributed by atoms with Crippen molar-refractivity contribution in [3.63, 3.8) is 0 Å². The number of nitrogens with zero attached hydrogens (tertiary/aromatic N) is 2. The summed E-state index contributed by atoms with van der Waals surface area (Å²) in [7, 11) is 3.21. The molecule has 0 N–H and O–H groups in total. The second-order valence-corrected chi connectivity index (χ2v) is 5.36. The predicted molar refractivity (Wildman–Crippen MR) is 76.4 cm³/mol. The van der Waals surface area contributed by atoms with Gasteiger partial charge in [0.15, 0.2) is 11.5 Å². The van der Waals surface area contributed by atoms with Crippen LogP contribution in [0.15, 0.2) is 16.6 Å². The summed E-state index contributed by atoms with van der Waals surface area (Å²) in [5, 5.41) is 9.47. The molecule has 0 bridgehead atoms. The van der Waals surface area contributed by atoms with Gasteiger partial charge in [0, 0.05) is 10.0 Å². The van der Waals surface area contributed by atoms with Gasteiger partial charge in [-0.1, -0.05) is 15.9 Å². The van der Waals surface area contributed by atoms with Crippen molar-refractivity contribution in [3.8, 4) is 17.6 Å². The summed E-state index contributed by atoms with van der Waals surface area (Å²) in [6.07, 6.45) is 2.31. The molecule has 1 unspecified atom stereocenters. The highest BCUT2D eigenvalue weighted by Crippen LogP contribution is 2.38. The van der Waals surface area contributed by atoms with E-state index in [0.29, 0.717) is 11.5 Å². The van der Waals surface area contributed by atoms with Crippen LogP contribution in [0.4, 0.5) is 0 Å². The van der Waals surface area contributed by atoms with Gasteiger partial charge in [-0.15, -0.1) is 0 Å². The minimum Gasteiger partial charge on any atom is -0.493 e. The zero-order valence-electron chi connectivity index (χ0n) is 11.1. The molecule has 1 atom stereocenters. The van der Waals surface area contributed by atoms with Gasteiger partial charge in [-0.25, -0.2) is 0 Å². The highest BCUT2D eigenvalue weighted by atomic mass is 79.9. The van der Waals surface area contributed by atoms with E-state index in [0.717, 1.165) is 36.0 Å². The first kappa shape index (κ1) is 14.2. The molecule has 1 aromatic rings. The standard InChI is InChI=1S/C14H17BrN2O2/c1-18-13-7-10(11(15)8-14(13)19-2)12(9-16)17-5-3-4-6-17/h7-8,12H,3-6H2,1-2H3. The summed E-state index contributed by atoms with van der Waals surface area (Å²) < 4.78 is 11.5. The first-order valence-corrected chi connectivity index (χ1v) is 7.05. The Labute approximate surface area is 122 Å². The molecule has 0 amide bonds. The fraction of sp³-hybridized carbons (Fsp3) is 0.500. The van der Waals surface area contributed by atoms with Crippen molar-refractivity contribution in [3.05, 3.63) is 22.2 Å². The summed E-state index contributed by atoms with van der Waals surface area (Å²) >= 11 is 3.53. The van der Waals surface area contributed by atoms with Crippen molar-refractivity contribution in [1.82, 2.24) is 4.90 Å². The Hall–Kier alpha value is -1.25. The lowest BCUT2D eigenvalue weighted by Gasteiger charge is -2.23. The second-order valence-electron chi connectivity index (χ2n) is 4.50. The molecule has 4 nitrogen and oxygen atoms in total. The maximum atomic E-state index is 9.47. The van der Waals surface area contributed by atoms with Gasteiger partial charge in [0.05, 0.1) is 20.3 Å². The third kappa shape index (κ3) is 2.85. The molecule has 0 aliphatic carbocycles. The number of rotatable bonds is 4. The van der Waals surface area contributed by atoms with Crippen LogP contribution >= 0.6 is 15.9 Å². The molecule has 2 rings (SSSR count). The summed E-state index contributed by atoms with van der Waals surface area (Å²) in [5.74, 6) is 1.32. The molecule has 1 saturated heterocycles. The van der Waals surface area contributed by atoms with E-state index in [1.807, 2.05) is 12.1 Å². The van der Waals surface area contributed by atoms with Crippen LogP contribution in [0.2, 0.25) is 0 Å². The molecule has 19 heavy (non-hydrogen) atoms. The molecule has 1 heterocycles. The van der Waals surface area contributed by atoms with E-state index in [1.165, 1.54) is 0 Å². The van der Waals surface area contributed by atoms with Crippen molar-refractivity contribution < 1.29 is 9.47 Å². The Morgan fingerprint density at radius 1 is 1.21 bits per heavy atom. The third-order valence-corrected chi connectivity index (χ3v) is 4.11.